The zero-order valence-corrected chi connectivity index (χ0v) is 11.2. The van der Waals surface area contributed by atoms with Crippen molar-refractivity contribution in [3.63, 3.8) is 0 Å². The van der Waals surface area contributed by atoms with E-state index in [0.29, 0.717) is 10.8 Å². The molecule has 1 fully saturated rings. The first-order valence-electron chi connectivity index (χ1n) is 6.22. The Morgan fingerprint density at radius 2 is 2.11 bits per heavy atom. The number of non-ortho nitro benzene ring substituents is 1. The molecule has 1 aromatic carbocycles. The van der Waals surface area contributed by atoms with Crippen molar-refractivity contribution in [3.05, 3.63) is 33.9 Å². The summed E-state index contributed by atoms with van der Waals surface area (Å²) < 4.78 is 0. The molecule has 0 saturated heterocycles. The molecule has 0 spiro atoms. The predicted octanol–water partition coefficient (Wildman–Crippen LogP) is 3.58. The summed E-state index contributed by atoms with van der Waals surface area (Å²) >= 11 is 1.49. The standard InChI is InChI=1S/C13H15NO4S/c15-13(16)11-7-10(14(17)18)5-6-12(11)19-8-9-3-1-2-4-9/h5-7,9H,1-4,8H2,(H,15,16). The van der Waals surface area contributed by atoms with Crippen molar-refractivity contribution >= 4 is 23.4 Å². The van der Waals surface area contributed by atoms with Crippen molar-refractivity contribution in [2.45, 2.75) is 30.6 Å². The molecule has 0 aliphatic heterocycles. The van der Waals surface area contributed by atoms with Gasteiger partial charge in [0.2, 0.25) is 0 Å². The summed E-state index contributed by atoms with van der Waals surface area (Å²) in [5, 5.41) is 19.8. The molecular formula is C13H15NO4S. The number of nitrogens with zero attached hydrogens (tertiary/aromatic N) is 1. The third-order valence-corrected chi connectivity index (χ3v) is 4.66. The average molecular weight is 281 g/mol. The molecule has 0 atom stereocenters. The second kappa shape index (κ2) is 6.06. The summed E-state index contributed by atoms with van der Waals surface area (Å²) in [6.45, 7) is 0. The summed E-state index contributed by atoms with van der Waals surface area (Å²) in [6, 6.07) is 4.05. The van der Waals surface area contributed by atoms with Crippen LogP contribution in [-0.2, 0) is 0 Å². The molecule has 1 aliphatic rings. The first-order chi connectivity index (χ1) is 9.08. The number of hydrogen-bond donors (Lipinski definition) is 1. The Morgan fingerprint density at radius 3 is 2.68 bits per heavy atom. The zero-order valence-electron chi connectivity index (χ0n) is 10.4. The maximum Gasteiger partial charge on any atom is 0.337 e. The molecule has 5 nitrogen and oxygen atoms in total. The van der Waals surface area contributed by atoms with E-state index in [-0.39, 0.29) is 11.3 Å². The van der Waals surface area contributed by atoms with Gasteiger partial charge in [0.15, 0.2) is 0 Å². The third-order valence-electron chi connectivity index (χ3n) is 3.35. The minimum Gasteiger partial charge on any atom is -0.478 e. The number of carboxylic acid groups (broad SMARTS) is 1. The van der Waals surface area contributed by atoms with E-state index in [9.17, 15) is 14.9 Å². The zero-order chi connectivity index (χ0) is 13.8. The molecule has 0 radical (unpaired) electrons. The number of carboxylic acids is 1. The first kappa shape index (κ1) is 13.9. The van der Waals surface area contributed by atoms with Gasteiger partial charge < -0.3 is 5.11 Å². The van der Waals surface area contributed by atoms with Gasteiger partial charge in [-0.25, -0.2) is 4.79 Å². The van der Waals surface area contributed by atoms with Gasteiger partial charge in [-0.2, -0.15) is 0 Å². The van der Waals surface area contributed by atoms with Gasteiger partial charge in [-0.05, 0) is 24.8 Å². The van der Waals surface area contributed by atoms with Gasteiger partial charge in [-0.15, -0.1) is 11.8 Å². The number of aromatic carboxylic acids is 1. The Balaban J connectivity index is 2.14. The van der Waals surface area contributed by atoms with Crippen LogP contribution >= 0.6 is 11.8 Å². The van der Waals surface area contributed by atoms with E-state index in [2.05, 4.69) is 0 Å². The monoisotopic (exact) mass is 281 g/mol. The van der Waals surface area contributed by atoms with Crippen LogP contribution in [0.5, 0.6) is 0 Å². The van der Waals surface area contributed by atoms with E-state index in [1.807, 2.05) is 0 Å². The molecule has 6 heteroatoms. The number of thioether (sulfide) groups is 1. The van der Waals surface area contributed by atoms with Gasteiger partial charge in [0, 0.05) is 22.8 Å². The second-order valence-corrected chi connectivity index (χ2v) is 5.77. The number of rotatable bonds is 5. The van der Waals surface area contributed by atoms with Crippen molar-refractivity contribution in [3.8, 4) is 0 Å². The van der Waals surface area contributed by atoms with Gasteiger partial charge in [0.05, 0.1) is 10.5 Å². The fourth-order valence-electron chi connectivity index (χ4n) is 2.31. The molecule has 2 rings (SSSR count). The molecule has 1 N–H and O–H groups in total. The summed E-state index contributed by atoms with van der Waals surface area (Å²) in [5.74, 6) is 0.414. The highest BCUT2D eigenvalue weighted by Crippen LogP contribution is 2.33. The molecule has 1 saturated carbocycles. The van der Waals surface area contributed by atoms with E-state index in [1.54, 1.807) is 6.07 Å². The van der Waals surface area contributed by atoms with Crippen LogP contribution in [0.25, 0.3) is 0 Å². The number of nitro benzene ring substituents is 1. The van der Waals surface area contributed by atoms with Crippen LogP contribution in [0.4, 0.5) is 5.69 Å². The van der Waals surface area contributed by atoms with E-state index >= 15 is 0 Å². The van der Waals surface area contributed by atoms with E-state index in [1.165, 1.54) is 43.5 Å². The van der Waals surface area contributed by atoms with Crippen LogP contribution in [0.15, 0.2) is 23.1 Å². The Labute approximate surface area is 115 Å². The summed E-state index contributed by atoms with van der Waals surface area (Å²) in [4.78, 5) is 21.9. The maximum absolute atomic E-state index is 11.2. The van der Waals surface area contributed by atoms with Crippen LogP contribution in [0.1, 0.15) is 36.0 Å². The SMILES string of the molecule is O=C(O)c1cc([N+](=O)[O-])ccc1SCC1CCCC1. The molecule has 1 aliphatic carbocycles. The van der Waals surface area contributed by atoms with Crippen molar-refractivity contribution in [2.75, 3.05) is 5.75 Å². The summed E-state index contributed by atoms with van der Waals surface area (Å²) in [5.41, 5.74) is -0.153. The average Bonchev–Trinajstić information content (AvgIpc) is 2.89. The second-order valence-electron chi connectivity index (χ2n) is 4.70. The van der Waals surface area contributed by atoms with E-state index in [4.69, 9.17) is 5.11 Å². The molecular weight excluding hydrogens is 266 g/mol. The third kappa shape index (κ3) is 3.47. The Morgan fingerprint density at radius 1 is 1.42 bits per heavy atom. The number of hydrogen-bond acceptors (Lipinski definition) is 4. The van der Waals surface area contributed by atoms with Crippen molar-refractivity contribution in [1.82, 2.24) is 0 Å². The fourth-order valence-corrected chi connectivity index (χ4v) is 3.52. The fraction of sp³-hybridized carbons (Fsp3) is 0.462. The smallest absolute Gasteiger partial charge is 0.337 e. The summed E-state index contributed by atoms with van der Waals surface area (Å²) in [6.07, 6.45) is 4.89. The van der Waals surface area contributed by atoms with E-state index in [0.717, 1.165) is 11.8 Å². The highest BCUT2D eigenvalue weighted by Gasteiger charge is 2.19. The molecule has 0 unspecified atom stereocenters. The van der Waals surface area contributed by atoms with Crippen LogP contribution in [-0.4, -0.2) is 21.8 Å². The van der Waals surface area contributed by atoms with Gasteiger partial charge in [-0.3, -0.25) is 10.1 Å². The Hall–Kier alpha value is -1.56. The Kier molecular flexibility index (Phi) is 4.42. The highest BCUT2D eigenvalue weighted by atomic mass is 32.2. The van der Waals surface area contributed by atoms with Gasteiger partial charge >= 0.3 is 5.97 Å². The normalized spacial score (nSPS) is 15.6. The lowest BCUT2D eigenvalue weighted by atomic mass is 10.1. The number of carbonyl (C=O) groups is 1. The molecule has 0 bridgehead atoms. The largest absolute Gasteiger partial charge is 0.478 e. The summed E-state index contributed by atoms with van der Waals surface area (Å²) in [7, 11) is 0. The lowest BCUT2D eigenvalue weighted by Gasteiger charge is -2.10. The quantitative estimate of drug-likeness (QED) is 0.507. The Bertz CT molecular complexity index is 497. The highest BCUT2D eigenvalue weighted by molar-refractivity contribution is 7.99. The van der Waals surface area contributed by atoms with Crippen LogP contribution in [0, 0.1) is 16.0 Å². The van der Waals surface area contributed by atoms with Crippen LogP contribution < -0.4 is 0 Å². The molecule has 0 aromatic heterocycles. The van der Waals surface area contributed by atoms with Gasteiger partial charge in [-0.1, -0.05) is 12.8 Å². The van der Waals surface area contributed by atoms with Gasteiger partial charge in [0.25, 0.3) is 5.69 Å². The predicted molar refractivity (Wildman–Crippen MR) is 72.7 cm³/mol. The molecule has 19 heavy (non-hydrogen) atoms. The minimum atomic E-state index is -1.11. The first-order valence-corrected chi connectivity index (χ1v) is 7.21. The van der Waals surface area contributed by atoms with Crippen LogP contribution in [0.2, 0.25) is 0 Å². The van der Waals surface area contributed by atoms with Crippen LogP contribution in [0.3, 0.4) is 0 Å². The number of benzene rings is 1. The van der Waals surface area contributed by atoms with Crippen molar-refractivity contribution < 1.29 is 14.8 Å². The molecule has 102 valence electrons. The molecule has 0 amide bonds. The lowest BCUT2D eigenvalue weighted by Crippen LogP contribution is -2.03. The molecule has 1 aromatic rings. The molecule has 0 heterocycles. The number of nitro groups is 1. The van der Waals surface area contributed by atoms with Crippen molar-refractivity contribution in [2.24, 2.45) is 5.92 Å². The minimum absolute atomic E-state index is 0.0252. The lowest BCUT2D eigenvalue weighted by molar-refractivity contribution is -0.384. The van der Waals surface area contributed by atoms with Crippen molar-refractivity contribution in [1.29, 1.82) is 0 Å². The maximum atomic E-state index is 11.2. The topological polar surface area (TPSA) is 80.4 Å². The van der Waals surface area contributed by atoms with Gasteiger partial charge in [0.1, 0.15) is 0 Å². The van der Waals surface area contributed by atoms with E-state index < -0.39 is 10.9 Å².